The Kier molecular flexibility index (Phi) is 4.86. The van der Waals surface area contributed by atoms with Gasteiger partial charge in [-0.1, -0.05) is 34.1 Å². The fraction of sp³-hybridized carbons (Fsp3) is 0.462. The predicted molar refractivity (Wildman–Crippen MR) is 72.3 cm³/mol. The van der Waals surface area contributed by atoms with Crippen LogP contribution in [0.25, 0.3) is 0 Å². The highest BCUT2D eigenvalue weighted by Gasteiger charge is 2.18. The Hall–Kier alpha value is -0.710. The van der Waals surface area contributed by atoms with Crippen LogP contribution in [0.2, 0.25) is 0 Å². The molecule has 1 aromatic carbocycles. The average Bonchev–Trinajstić information content (AvgIpc) is 2.14. The molecule has 1 aromatic rings. The normalized spacial score (nSPS) is 11.9. The van der Waals surface area contributed by atoms with Crippen molar-refractivity contribution in [1.82, 2.24) is 4.90 Å². The van der Waals surface area contributed by atoms with Gasteiger partial charge in [0.25, 0.3) is 0 Å². The van der Waals surface area contributed by atoms with Crippen molar-refractivity contribution in [3.63, 3.8) is 0 Å². The summed E-state index contributed by atoms with van der Waals surface area (Å²) in [6.45, 7) is 4.22. The maximum absolute atomic E-state index is 12.0. The van der Waals surface area contributed by atoms with Gasteiger partial charge in [0.1, 0.15) is 0 Å². The molecule has 0 amide bonds. The van der Waals surface area contributed by atoms with Crippen LogP contribution in [-0.4, -0.2) is 41.5 Å². The van der Waals surface area contributed by atoms with E-state index in [2.05, 4.69) is 15.9 Å². The van der Waals surface area contributed by atoms with E-state index in [0.29, 0.717) is 18.7 Å². The number of carbonyl (C=O) groups excluding carboxylic acids is 1. The van der Waals surface area contributed by atoms with Crippen LogP contribution in [0.1, 0.15) is 24.2 Å². The number of carbonyl (C=O) groups is 1. The summed E-state index contributed by atoms with van der Waals surface area (Å²) in [6.07, 6.45) is 0. The van der Waals surface area contributed by atoms with E-state index >= 15 is 0 Å². The maximum atomic E-state index is 12.0. The van der Waals surface area contributed by atoms with E-state index in [1.807, 2.05) is 30.1 Å². The van der Waals surface area contributed by atoms with Crippen LogP contribution in [0.4, 0.5) is 0 Å². The molecule has 0 unspecified atom stereocenters. The third-order valence-electron chi connectivity index (χ3n) is 2.24. The topological polar surface area (TPSA) is 40.5 Å². The second-order valence-electron chi connectivity index (χ2n) is 4.89. The number of ketones is 1. The standard InChI is InChI=1S/C13H18BrNO2/c1-13(2,17)9-15(3)8-12(16)10-6-4-5-7-11(10)14/h4-7,17H,8-9H2,1-3H3. The number of benzene rings is 1. The monoisotopic (exact) mass is 299 g/mol. The molecule has 0 aliphatic carbocycles. The lowest BCUT2D eigenvalue weighted by molar-refractivity contribution is 0.0439. The van der Waals surface area contributed by atoms with Crippen molar-refractivity contribution >= 4 is 21.7 Å². The summed E-state index contributed by atoms with van der Waals surface area (Å²) >= 11 is 3.36. The molecule has 1 N–H and O–H groups in total. The van der Waals surface area contributed by atoms with Crippen LogP contribution >= 0.6 is 15.9 Å². The molecule has 3 nitrogen and oxygen atoms in total. The quantitative estimate of drug-likeness (QED) is 0.849. The summed E-state index contributed by atoms with van der Waals surface area (Å²) < 4.78 is 0.807. The molecule has 17 heavy (non-hydrogen) atoms. The van der Waals surface area contributed by atoms with E-state index in [-0.39, 0.29) is 5.78 Å². The third kappa shape index (κ3) is 4.98. The molecular weight excluding hydrogens is 282 g/mol. The molecule has 0 aromatic heterocycles. The number of aliphatic hydroxyl groups is 1. The fourth-order valence-electron chi connectivity index (χ4n) is 1.73. The van der Waals surface area contributed by atoms with Gasteiger partial charge in [0.05, 0.1) is 12.1 Å². The van der Waals surface area contributed by atoms with Gasteiger partial charge in [0.15, 0.2) is 5.78 Å². The van der Waals surface area contributed by atoms with Crippen LogP contribution in [0.15, 0.2) is 28.7 Å². The van der Waals surface area contributed by atoms with Crippen molar-refractivity contribution in [3.05, 3.63) is 34.3 Å². The summed E-state index contributed by atoms with van der Waals surface area (Å²) in [5, 5.41) is 9.66. The first kappa shape index (κ1) is 14.4. The zero-order chi connectivity index (χ0) is 13.1. The summed E-state index contributed by atoms with van der Waals surface area (Å²) in [5.74, 6) is 0.0456. The van der Waals surface area contributed by atoms with Crippen molar-refractivity contribution in [2.45, 2.75) is 19.4 Å². The second kappa shape index (κ2) is 5.76. The molecule has 0 aliphatic rings. The highest BCUT2D eigenvalue weighted by Crippen LogP contribution is 2.16. The first-order valence-corrected chi connectivity index (χ1v) is 6.27. The lowest BCUT2D eigenvalue weighted by Crippen LogP contribution is -2.38. The summed E-state index contributed by atoms with van der Waals surface area (Å²) in [7, 11) is 1.83. The van der Waals surface area contributed by atoms with Gasteiger partial charge in [-0.15, -0.1) is 0 Å². The maximum Gasteiger partial charge on any atom is 0.177 e. The Labute approximate surface area is 111 Å². The predicted octanol–water partition coefficient (Wildman–Crippen LogP) is 2.33. The van der Waals surface area contributed by atoms with E-state index in [4.69, 9.17) is 0 Å². The second-order valence-corrected chi connectivity index (χ2v) is 5.74. The Morgan fingerprint density at radius 2 is 2.00 bits per heavy atom. The SMILES string of the molecule is CN(CC(=O)c1ccccc1Br)CC(C)(C)O. The zero-order valence-corrected chi connectivity index (χ0v) is 12.0. The molecule has 0 atom stereocenters. The number of Topliss-reactive ketones (excluding diaryl/α,β-unsaturated/α-hetero) is 1. The van der Waals surface area contributed by atoms with Gasteiger partial charge in [-0.2, -0.15) is 0 Å². The van der Waals surface area contributed by atoms with Gasteiger partial charge < -0.3 is 5.11 Å². The van der Waals surface area contributed by atoms with Gasteiger partial charge in [-0.3, -0.25) is 9.69 Å². The minimum atomic E-state index is -0.789. The highest BCUT2D eigenvalue weighted by atomic mass is 79.9. The number of hydrogen-bond acceptors (Lipinski definition) is 3. The Morgan fingerprint density at radius 3 is 2.53 bits per heavy atom. The molecule has 0 fully saturated rings. The first-order valence-electron chi connectivity index (χ1n) is 5.48. The molecule has 0 saturated carbocycles. The van der Waals surface area contributed by atoms with Crippen molar-refractivity contribution in [1.29, 1.82) is 0 Å². The molecule has 4 heteroatoms. The molecule has 94 valence electrons. The van der Waals surface area contributed by atoms with Gasteiger partial charge >= 0.3 is 0 Å². The van der Waals surface area contributed by atoms with E-state index in [1.165, 1.54) is 0 Å². The Morgan fingerprint density at radius 1 is 1.41 bits per heavy atom. The van der Waals surface area contributed by atoms with Crippen molar-refractivity contribution in [2.75, 3.05) is 20.1 Å². The van der Waals surface area contributed by atoms with E-state index in [1.54, 1.807) is 19.9 Å². The van der Waals surface area contributed by atoms with Gasteiger partial charge in [0.2, 0.25) is 0 Å². The van der Waals surface area contributed by atoms with Crippen molar-refractivity contribution in [2.24, 2.45) is 0 Å². The van der Waals surface area contributed by atoms with Crippen molar-refractivity contribution < 1.29 is 9.90 Å². The fourth-order valence-corrected chi connectivity index (χ4v) is 2.24. The van der Waals surface area contributed by atoms with E-state index in [9.17, 15) is 9.90 Å². The Balaban J connectivity index is 2.64. The largest absolute Gasteiger partial charge is 0.389 e. The minimum absolute atomic E-state index is 0.0456. The number of nitrogens with zero attached hydrogens (tertiary/aromatic N) is 1. The summed E-state index contributed by atoms with van der Waals surface area (Å²) in [4.78, 5) is 13.8. The van der Waals surface area contributed by atoms with Crippen LogP contribution in [0.3, 0.4) is 0 Å². The Bertz CT molecular complexity index is 399. The molecule has 0 saturated heterocycles. The lowest BCUT2D eigenvalue weighted by Gasteiger charge is -2.24. The van der Waals surface area contributed by atoms with Crippen molar-refractivity contribution in [3.8, 4) is 0 Å². The summed E-state index contributed by atoms with van der Waals surface area (Å²) in [6, 6.07) is 7.36. The molecular formula is C13H18BrNO2. The van der Waals surface area contributed by atoms with Crippen LogP contribution in [0, 0.1) is 0 Å². The third-order valence-corrected chi connectivity index (χ3v) is 2.94. The van der Waals surface area contributed by atoms with Gasteiger partial charge in [-0.05, 0) is 27.0 Å². The number of rotatable bonds is 5. The van der Waals surface area contributed by atoms with Gasteiger partial charge in [0, 0.05) is 16.6 Å². The molecule has 1 rings (SSSR count). The average molecular weight is 300 g/mol. The van der Waals surface area contributed by atoms with Crippen LogP contribution in [-0.2, 0) is 0 Å². The molecule has 0 bridgehead atoms. The van der Waals surface area contributed by atoms with Gasteiger partial charge in [-0.25, -0.2) is 0 Å². The van der Waals surface area contributed by atoms with E-state index < -0.39 is 5.60 Å². The molecule has 0 heterocycles. The number of hydrogen-bond donors (Lipinski definition) is 1. The van der Waals surface area contributed by atoms with Crippen LogP contribution < -0.4 is 0 Å². The van der Waals surface area contributed by atoms with Crippen LogP contribution in [0.5, 0.6) is 0 Å². The zero-order valence-electron chi connectivity index (χ0n) is 10.4. The summed E-state index contributed by atoms with van der Waals surface area (Å²) in [5.41, 5.74) is -0.113. The number of likely N-dealkylation sites (N-methyl/N-ethyl adjacent to an activating group) is 1. The molecule has 0 radical (unpaired) electrons. The minimum Gasteiger partial charge on any atom is -0.389 e. The first-order chi connectivity index (χ1) is 7.79. The number of halogens is 1. The molecule has 0 aliphatic heterocycles. The highest BCUT2D eigenvalue weighted by molar-refractivity contribution is 9.10. The molecule has 0 spiro atoms. The van der Waals surface area contributed by atoms with E-state index in [0.717, 1.165) is 4.47 Å². The smallest absolute Gasteiger partial charge is 0.177 e. The lowest BCUT2D eigenvalue weighted by atomic mass is 10.1.